The summed E-state index contributed by atoms with van der Waals surface area (Å²) in [6.07, 6.45) is 2.33. The molecule has 0 aromatic carbocycles. The first-order valence-electron chi connectivity index (χ1n) is 5.73. The van der Waals surface area contributed by atoms with Crippen LogP contribution in [0.3, 0.4) is 0 Å². The van der Waals surface area contributed by atoms with Crippen LogP contribution in [0, 0.1) is 6.92 Å². The van der Waals surface area contributed by atoms with Crippen LogP contribution in [0.15, 0.2) is 12.1 Å². The Labute approximate surface area is 95.9 Å². The van der Waals surface area contributed by atoms with E-state index in [1.54, 1.807) is 6.07 Å². The van der Waals surface area contributed by atoms with Gasteiger partial charge in [0.15, 0.2) is 0 Å². The molecule has 5 heteroatoms. The molecule has 0 aliphatic carbocycles. The third-order valence-corrected chi connectivity index (χ3v) is 3.14. The molecule has 1 saturated heterocycles. The van der Waals surface area contributed by atoms with E-state index < -0.39 is 7.12 Å². The van der Waals surface area contributed by atoms with Crippen LogP contribution in [0.5, 0.6) is 0 Å². The molecular weight excluding hydrogens is 203 g/mol. The normalized spacial score (nSPS) is 20.8. The van der Waals surface area contributed by atoms with E-state index in [0.29, 0.717) is 17.1 Å². The van der Waals surface area contributed by atoms with Crippen molar-refractivity contribution in [2.75, 3.05) is 13.1 Å². The number of pyridine rings is 1. The Hall–Kier alpha value is -0.905. The number of hydrogen-bond donors (Lipinski definition) is 3. The summed E-state index contributed by atoms with van der Waals surface area (Å²) < 4.78 is 0. The first-order chi connectivity index (χ1) is 7.68. The number of rotatable bonds is 2. The monoisotopic (exact) mass is 220 g/mol. The molecule has 1 aromatic rings. The van der Waals surface area contributed by atoms with Crippen LogP contribution in [0.25, 0.3) is 0 Å². The predicted molar refractivity (Wildman–Crippen MR) is 63.6 cm³/mol. The van der Waals surface area contributed by atoms with Gasteiger partial charge in [-0.15, -0.1) is 0 Å². The zero-order valence-corrected chi connectivity index (χ0v) is 9.48. The SMILES string of the molecule is Cc1nc(C2CCCNC2)ccc1B(O)O. The molecule has 1 atom stereocenters. The standard InChI is InChI=1S/C11H17BN2O2/c1-8-10(12(15)16)4-5-11(14-8)9-3-2-6-13-7-9/h4-5,9,13,15-16H,2-3,6-7H2,1H3. The molecule has 2 heterocycles. The fourth-order valence-corrected chi connectivity index (χ4v) is 2.20. The summed E-state index contributed by atoms with van der Waals surface area (Å²) >= 11 is 0. The van der Waals surface area contributed by atoms with Crippen LogP contribution in [-0.2, 0) is 0 Å². The van der Waals surface area contributed by atoms with Crippen LogP contribution >= 0.6 is 0 Å². The van der Waals surface area contributed by atoms with Gasteiger partial charge in [-0.1, -0.05) is 6.07 Å². The van der Waals surface area contributed by atoms with Gasteiger partial charge in [-0.2, -0.15) is 0 Å². The molecule has 1 fully saturated rings. The van der Waals surface area contributed by atoms with Crippen molar-refractivity contribution >= 4 is 12.6 Å². The van der Waals surface area contributed by atoms with Gasteiger partial charge in [-0.25, -0.2) is 0 Å². The predicted octanol–water partition coefficient (Wildman–Crippen LogP) is -0.463. The van der Waals surface area contributed by atoms with Gasteiger partial charge in [0.1, 0.15) is 0 Å². The smallest absolute Gasteiger partial charge is 0.423 e. The van der Waals surface area contributed by atoms with E-state index >= 15 is 0 Å². The van der Waals surface area contributed by atoms with Gasteiger partial charge >= 0.3 is 7.12 Å². The third-order valence-electron chi connectivity index (χ3n) is 3.14. The molecule has 16 heavy (non-hydrogen) atoms. The lowest BCUT2D eigenvalue weighted by molar-refractivity contribution is 0.425. The molecule has 1 aromatic heterocycles. The maximum atomic E-state index is 9.11. The van der Waals surface area contributed by atoms with Crippen molar-refractivity contribution in [3.63, 3.8) is 0 Å². The molecule has 0 spiro atoms. The molecule has 86 valence electrons. The van der Waals surface area contributed by atoms with Gasteiger partial charge in [0.05, 0.1) is 0 Å². The molecule has 1 unspecified atom stereocenters. The second-order valence-electron chi connectivity index (χ2n) is 4.33. The molecule has 2 rings (SSSR count). The summed E-state index contributed by atoms with van der Waals surface area (Å²) in [7, 11) is -1.42. The average molecular weight is 220 g/mol. The van der Waals surface area contributed by atoms with Gasteiger partial charge in [0.2, 0.25) is 0 Å². The van der Waals surface area contributed by atoms with E-state index in [0.717, 1.165) is 25.2 Å². The zero-order valence-electron chi connectivity index (χ0n) is 9.48. The highest BCUT2D eigenvalue weighted by molar-refractivity contribution is 6.59. The third kappa shape index (κ3) is 2.43. The highest BCUT2D eigenvalue weighted by Gasteiger charge is 2.19. The first kappa shape index (κ1) is 11.6. The molecule has 4 nitrogen and oxygen atoms in total. The average Bonchev–Trinajstić information content (AvgIpc) is 2.29. The van der Waals surface area contributed by atoms with E-state index in [-0.39, 0.29) is 0 Å². The summed E-state index contributed by atoms with van der Waals surface area (Å²) in [4.78, 5) is 4.46. The Morgan fingerprint density at radius 1 is 1.44 bits per heavy atom. The van der Waals surface area contributed by atoms with Crippen LogP contribution in [0.1, 0.15) is 30.1 Å². The topological polar surface area (TPSA) is 65.4 Å². The second kappa shape index (κ2) is 4.95. The quantitative estimate of drug-likeness (QED) is 0.590. The fraction of sp³-hybridized carbons (Fsp3) is 0.545. The van der Waals surface area contributed by atoms with Gasteiger partial charge in [0, 0.05) is 29.3 Å². The van der Waals surface area contributed by atoms with Crippen LogP contribution in [0.4, 0.5) is 0 Å². The number of aromatic nitrogens is 1. The Morgan fingerprint density at radius 3 is 2.81 bits per heavy atom. The van der Waals surface area contributed by atoms with E-state index in [2.05, 4.69) is 10.3 Å². The van der Waals surface area contributed by atoms with Crippen molar-refractivity contribution in [2.45, 2.75) is 25.7 Å². The van der Waals surface area contributed by atoms with Gasteiger partial charge in [-0.3, -0.25) is 4.98 Å². The lowest BCUT2D eigenvalue weighted by Gasteiger charge is -2.22. The maximum Gasteiger partial charge on any atom is 0.490 e. The number of aryl methyl sites for hydroxylation is 1. The summed E-state index contributed by atoms with van der Waals surface area (Å²) in [6.45, 7) is 3.87. The van der Waals surface area contributed by atoms with Crippen molar-refractivity contribution in [3.05, 3.63) is 23.5 Å². The highest BCUT2D eigenvalue weighted by Crippen LogP contribution is 2.20. The minimum Gasteiger partial charge on any atom is -0.423 e. The maximum absolute atomic E-state index is 9.11. The Kier molecular flexibility index (Phi) is 3.58. The summed E-state index contributed by atoms with van der Waals surface area (Å²) in [6, 6.07) is 3.66. The minimum atomic E-state index is -1.42. The second-order valence-corrected chi connectivity index (χ2v) is 4.33. The van der Waals surface area contributed by atoms with E-state index in [1.165, 1.54) is 6.42 Å². The van der Waals surface area contributed by atoms with Crippen LogP contribution in [-0.4, -0.2) is 35.2 Å². The van der Waals surface area contributed by atoms with Gasteiger partial charge in [-0.05, 0) is 32.4 Å². The van der Waals surface area contributed by atoms with Gasteiger partial charge in [0.25, 0.3) is 0 Å². The largest absolute Gasteiger partial charge is 0.490 e. The lowest BCUT2D eigenvalue weighted by Crippen LogP contribution is -2.34. The molecule has 3 N–H and O–H groups in total. The molecule has 0 radical (unpaired) electrons. The number of hydrogen-bond acceptors (Lipinski definition) is 4. The fourth-order valence-electron chi connectivity index (χ4n) is 2.20. The zero-order chi connectivity index (χ0) is 11.5. The van der Waals surface area contributed by atoms with Crippen molar-refractivity contribution in [2.24, 2.45) is 0 Å². The van der Waals surface area contributed by atoms with Crippen molar-refractivity contribution in [1.82, 2.24) is 10.3 Å². The molecule has 1 aliphatic heterocycles. The summed E-state index contributed by atoms with van der Waals surface area (Å²) in [5.74, 6) is 0.456. The molecule has 0 bridgehead atoms. The van der Waals surface area contributed by atoms with E-state index in [4.69, 9.17) is 10.0 Å². The van der Waals surface area contributed by atoms with Crippen molar-refractivity contribution in [1.29, 1.82) is 0 Å². The Balaban J connectivity index is 2.19. The Bertz CT molecular complexity index is 365. The number of nitrogens with one attached hydrogen (secondary N) is 1. The van der Waals surface area contributed by atoms with Crippen LogP contribution in [0.2, 0.25) is 0 Å². The van der Waals surface area contributed by atoms with Crippen molar-refractivity contribution < 1.29 is 10.0 Å². The van der Waals surface area contributed by atoms with E-state index in [9.17, 15) is 0 Å². The first-order valence-corrected chi connectivity index (χ1v) is 5.73. The van der Waals surface area contributed by atoms with E-state index in [1.807, 2.05) is 13.0 Å². The van der Waals surface area contributed by atoms with Gasteiger partial charge < -0.3 is 15.4 Å². The van der Waals surface area contributed by atoms with Crippen LogP contribution < -0.4 is 10.8 Å². The van der Waals surface area contributed by atoms with Crippen molar-refractivity contribution in [3.8, 4) is 0 Å². The lowest BCUT2D eigenvalue weighted by atomic mass is 9.78. The molecule has 1 aliphatic rings. The number of piperidine rings is 1. The number of nitrogens with zero attached hydrogens (tertiary/aromatic N) is 1. The molecule has 0 saturated carbocycles. The molecule has 0 amide bonds. The summed E-state index contributed by atoms with van der Waals surface area (Å²) in [5.41, 5.74) is 2.25. The summed E-state index contributed by atoms with van der Waals surface area (Å²) in [5, 5.41) is 21.6. The highest BCUT2D eigenvalue weighted by atomic mass is 16.4. The minimum absolute atomic E-state index is 0.456. The molecular formula is C11H17BN2O2. The Morgan fingerprint density at radius 2 is 2.25 bits per heavy atom.